The molecule has 0 aromatic heterocycles. The van der Waals surface area contributed by atoms with Gasteiger partial charge in [-0.3, -0.25) is 4.79 Å². The van der Waals surface area contributed by atoms with Gasteiger partial charge in [-0.15, -0.1) is 0 Å². The molecule has 2 N–H and O–H groups in total. The number of hydrogen-bond donors (Lipinski definition) is 2. The Morgan fingerprint density at radius 3 is 2.65 bits per heavy atom. The number of nitrogens with one attached hydrogen (secondary N) is 2. The number of esters is 1. The molecule has 0 saturated heterocycles. The average Bonchev–Trinajstić information content (AvgIpc) is 2.62. The highest BCUT2D eigenvalue weighted by Crippen LogP contribution is 2.22. The van der Waals surface area contributed by atoms with Crippen LogP contribution in [0.15, 0.2) is 30.3 Å². The number of benzene rings is 2. The highest BCUT2D eigenvalue weighted by molar-refractivity contribution is 6.32. The molecular weight excluding hydrogens is 361 g/mol. The fourth-order valence-electron chi connectivity index (χ4n) is 2.16. The second-order valence-electron chi connectivity index (χ2n) is 5.33. The molecule has 134 valence electrons. The zero-order valence-electron chi connectivity index (χ0n) is 14.0. The summed E-state index contributed by atoms with van der Waals surface area (Å²) in [5.41, 5.74) is 1.34. The lowest BCUT2D eigenvalue weighted by atomic mass is 10.1. The van der Waals surface area contributed by atoms with Crippen LogP contribution in [0.3, 0.4) is 0 Å². The van der Waals surface area contributed by atoms with Gasteiger partial charge in [-0.1, -0.05) is 11.6 Å². The predicted octanol–water partition coefficient (Wildman–Crippen LogP) is 3.50. The van der Waals surface area contributed by atoms with Crippen molar-refractivity contribution in [3.8, 4) is 6.07 Å². The lowest BCUT2D eigenvalue weighted by molar-refractivity contribution is -0.114. The van der Waals surface area contributed by atoms with Gasteiger partial charge >= 0.3 is 5.97 Å². The standard InChI is InChI=1S/C18H15ClFN3O3/c1-10-15(20)5-12(18(25)26-2)6-16(10)22-9-17(24)23-13-4-3-11(8-21)14(19)7-13/h3-7,22H,9H2,1-2H3,(H,23,24). The van der Waals surface area contributed by atoms with Gasteiger partial charge in [-0.05, 0) is 37.3 Å². The van der Waals surface area contributed by atoms with E-state index in [0.717, 1.165) is 6.07 Å². The number of amides is 1. The van der Waals surface area contributed by atoms with Gasteiger partial charge in [0.25, 0.3) is 0 Å². The smallest absolute Gasteiger partial charge is 0.338 e. The van der Waals surface area contributed by atoms with Crippen molar-refractivity contribution in [2.45, 2.75) is 6.92 Å². The molecule has 0 aliphatic heterocycles. The van der Waals surface area contributed by atoms with Crippen LogP contribution in [0.4, 0.5) is 15.8 Å². The van der Waals surface area contributed by atoms with Crippen molar-refractivity contribution in [3.63, 3.8) is 0 Å². The van der Waals surface area contributed by atoms with Crippen molar-refractivity contribution in [2.24, 2.45) is 0 Å². The van der Waals surface area contributed by atoms with Gasteiger partial charge < -0.3 is 15.4 Å². The summed E-state index contributed by atoms with van der Waals surface area (Å²) in [5.74, 6) is -1.67. The number of methoxy groups -OCH3 is 1. The first-order chi connectivity index (χ1) is 12.3. The van der Waals surface area contributed by atoms with Gasteiger partial charge in [0.2, 0.25) is 5.91 Å². The first kappa shape index (κ1) is 19.2. The maximum Gasteiger partial charge on any atom is 0.338 e. The minimum atomic E-state index is -0.677. The number of nitriles is 1. The fraction of sp³-hybridized carbons (Fsp3) is 0.167. The molecule has 0 aliphatic carbocycles. The summed E-state index contributed by atoms with van der Waals surface area (Å²) < 4.78 is 18.5. The monoisotopic (exact) mass is 375 g/mol. The van der Waals surface area contributed by atoms with Crippen LogP contribution < -0.4 is 10.6 Å². The zero-order valence-corrected chi connectivity index (χ0v) is 14.8. The molecule has 0 aliphatic rings. The normalized spacial score (nSPS) is 9.96. The van der Waals surface area contributed by atoms with Crippen molar-refractivity contribution in [1.29, 1.82) is 5.26 Å². The van der Waals surface area contributed by atoms with E-state index in [0.29, 0.717) is 16.9 Å². The predicted molar refractivity (Wildman–Crippen MR) is 95.8 cm³/mol. The number of halogens is 2. The molecule has 0 spiro atoms. The van der Waals surface area contributed by atoms with Crippen molar-refractivity contribution < 1.29 is 18.7 Å². The first-order valence-electron chi connectivity index (χ1n) is 7.47. The summed E-state index contributed by atoms with van der Waals surface area (Å²) in [6, 6.07) is 8.91. The molecule has 0 fully saturated rings. The van der Waals surface area contributed by atoms with E-state index in [-0.39, 0.29) is 22.7 Å². The minimum absolute atomic E-state index is 0.0392. The third-order valence-electron chi connectivity index (χ3n) is 3.58. The van der Waals surface area contributed by atoms with E-state index in [1.807, 2.05) is 6.07 Å². The van der Waals surface area contributed by atoms with Crippen LogP contribution in [-0.4, -0.2) is 25.5 Å². The van der Waals surface area contributed by atoms with Crippen LogP contribution in [-0.2, 0) is 9.53 Å². The molecule has 0 saturated carbocycles. The molecular formula is C18H15ClFN3O3. The minimum Gasteiger partial charge on any atom is -0.465 e. The molecule has 2 aromatic carbocycles. The van der Waals surface area contributed by atoms with Gasteiger partial charge in [0, 0.05) is 16.9 Å². The van der Waals surface area contributed by atoms with Crippen LogP contribution in [0.2, 0.25) is 5.02 Å². The molecule has 2 aromatic rings. The quantitative estimate of drug-likeness (QED) is 0.780. The van der Waals surface area contributed by atoms with E-state index in [1.54, 1.807) is 6.07 Å². The Hall–Kier alpha value is -3.11. The molecule has 0 radical (unpaired) electrons. The van der Waals surface area contributed by atoms with E-state index in [1.165, 1.54) is 32.2 Å². The van der Waals surface area contributed by atoms with Crippen LogP contribution in [0.1, 0.15) is 21.5 Å². The molecule has 0 atom stereocenters. The summed E-state index contributed by atoms with van der Waals surface area (Å²) in [4.78, 5) is 23.6. The average molecular weight is 376 g/mol. The number of anilines is 2. The van der Waals surface area contributed by atoms with Gasteiger partial charge in [0.1, 0.15) is 11.9 Å². The number of carbonyl (C=O) groups excluding carboxylic acids is 2. The molecule has 6 nitrogen and oxygen atoms in total. The Morgan fingerprint density at radius 1 is 1.31 bits per heavy atom. The second kappa shape index (κ2) is 8.32. The van der Waals surface area contributed by atoms with Gasteiger partial charge in [-0.2, -0.15) is 5.26 Å². The summed E-state index contributed by atoms with van der Waals surface area (Å²) in [7, 11) is 1.20. The fourth-order valence-corrected chi connectivity index (χ4v) is 2.39. The molecule has 1 amide bonds. The molecule has 0 bridgehead atoms. The Morgan fingerprint density at radius 2 is 2.04 bits per heavy atom. The Kier molecular flexibility index (Phi) is 6.15. The SMILES string of the molecule is COC(=O)c1cc(F)c(C)c(NCC(=O)Nc2ccc(C#N)c(Cl)c2)c1. The number of ether oxygens (including phenoxy) is 1. The maximum atomic E-state index is 13.9. The number of hydrogen-bond acceptors (Lipinski definition) is 5. The van der Waals surface area contributed by atoms with E-state index in [4.69, 9.17) is 16.9 Å². The van der Waals surface area contributed by atoms with Crippen molar-refractivity contribution >= 4 is 34.9 Å². The molecule has 0 heterocycles. The van der Waals surface area contributed by atoms with E-state index < -0.39 is 17.7 Å². The lowest BCUT2D eigenvalue weighted by Gasteiger charge is -2.12. The highest BCUT2D eigenvalue weighted by Gasteiger charge is 2.14. The van der Waals surface area contributed by atoms with E-state index >= 15 is 0 Å². The second-order valence-corrected chi connectivity index (χ2v) is 5.74. The topological polar surface area (TPSA) is 91.2 Å². The van der Waals surface area contributed by atoms with Crippen LogP contribution in [0.25, 0.3) is 0 Å². The summed E-state index contributed by atoms with van der Waals surface area (Å²) in [6.45, 7) is 1.36. The lowest BCUT2D eigenvalue weighted by Crippen LogP contribution is -2.22. The summed E-state index contributed by atoms with van der Waals surface area (Å²) in [5, 5.41) is 14.4. The van der Waals surface area contributed by atoms with Crippen LogP contribution in [0, 0.1) is 24.1 Å². The van der Waals surface area contributed by atoms with Gasteiger partial charge in [0.05, 0.1) is 29.8 Å². The maximum absolute atomic E-state index is 13.9. The van der Waals surface area contributed by atoms with Gasteiger partial charge in [0.15, 0.2) is 0 Å². The molecule has 2 rings (SSSR count). The molecule has 0 unspecified atom stereocenters. The van der Waals surface area contributed by atoms with Crippen LogP contribution in [0.5, 0.6) is 0 Å². The third kappa shape index (κ3) is 4.49. The molecule has 8 heteroatoms. The Labute approximate surface area is 154 Å². The molecule has 26 heavy (non-hydrogen) atoms. The third-order valence-corrected chi connectivity index (χ3v) is 3.89. The zero-order chi connectivity index (χ0) is 19.3. The summed E-state index contributed by atoms with van der Waals surface area (Å²) in [6.07, 6.45) is 0. The van der Waals surface area contributed by atoms with Crippen molar-refractivity contribution in [1.82, 2.24) is 0 Å². The number of nitrogens with zero attached hydrogens (tertiary/aromatic N) is 1. The summed E-state index contributed by atoms with van der Waals surface area (Å²) >= 11 is 5.91. The van der Waals surface area contributed by atoms with Crippen molar-refractivity contribution in [3.05, 3.63) is 57.9 Å². The van der Waals surface area contributed by atoms with E-state index in [2.05, 4.69) is 15.4 Å². The Balaban J connectivity index is 2.07. The Bertz CT molecular complexity index is 909. The highest BCUT2D eigenvalue weighted by atomic mass is 35.5. The number of carbonyl (C=O) groups is 2. The van der Waals surface area contributed by atoms with E-state index in [9.17, 15) is 14.0 Å². The van der Waals surface area contributed by atoms with Crippen molar-refractivity contribution in [2.75, 3.05) is 24.3 Å². The number of rotatable bonds is 5. The first-order valence-corrected chi connectivity index (χ1v) is 7.85. The van der Waals surface area contributed by atoms with Crippen LogP contribution >= 0.6 is 11.6 Å². The largest absolute Gasteiger partial charge is 0.465 e. The van der Waals surface area contributed by atoms with Gasteiger partial charge in [-0.25, -0.2) is 9.18 Å².